The summed E-state index contributed by atoms with van der Waals surface area (Å²) in [6, 6.07) is 0. The minimum absolute atomic E-state index is 0.309. The fourth-order valence-electron chi connectivity index (χ4n) is 1.15. The molecule has 1 heterocycles. The van der Waals surface area contributed by atoms with Crippen molar-refractivity contribution in [1.29, 1.82) is 0 Å². The van der Waals surface area contributed by atoms with Gasteiger partial charge in [-0.15, -0.1) is 0 Å². The zero-order valence-electron chi connectivity index (χ0n) is 6.73. The molecule has 4 atom stereocenters. The first-order valence-electron chi connectivity index (χ1n) is 3.67. The summed E-state index contributed by atoms with van der Waals surface area (Å²) in [5.41, 5.74) is 0. The minimum Gasteiger partial charge on any atom is -0.388 e. The highest BCUT2D eigenvalue weighted by molar-refractivity contribution is 4.84. The molecule has 2 N–H and O–H groups in total. The van der Waals surface area contributed by atoms with Gasteiger partial charge < -0.3 is 19.7 Å². The van der Waals surface area contributed by atoms with Gasteiger partial charge in [0.05, 0.1) is 12.7 Å². The maximum Gasteiger partial charge on any atom is 0.111 e. The lowest BCUT2D eigenvalue weighted by Crippen LogP contribution is -2.52. The average molecular weight is 162 g/mol. The normalized spacial score (nSPS) is 45.8. The van der Waals surface area contributed by atoms with Crippen LogP contribution in [0.3, 0.4) is 0 Å². The predicted octanol–water partition coefficient (Wildman–Crippen LogP) is -0.858. The summed E-state index contributed by atoms with van der Waals surface area (Å²) in [5.74, 6) is 0. The highest BCUT2D eigenvalue weighted by atomic mass is 16.6. The largest absolute Gasteiger partial charge is 0.388 e. The molecule has 0 saturated carbocycles. The summed E-state index contributed by atoms with van der Waals surface area (Å²) in [6.07, 6.45) is -2.38. The number of rotatable bonds is 1. The highest BCUT2D eigenvalue weighted by Gasteiger charge is 2.35. The first-order valence-corrected chi connectivity index (χ1v) is 3.67. The van der Waals surface area contributed by atoms with Crippen LogP contribution in [0, 0.1) is 0 Å². The number of ether oxygens (including phenoxy) is 2. The Morgan fingerprint density at radius 1 is 1.36 bits per heavy atom. The van der Waals surface area contributed by atoms with Gasteiger partial charge in [0.2, 0.25) is 0 Å². The fraction of sp³-hybridized carbons (Fsp3) is 1.00. The van der Waals surface area contributed by atoms with Crippen molar-refractivity contribution < 1.29 is 19.7 Å². The van der Waals surface area contributed by atoms with Gasteiger partial charge in [-0.1, -0.05) is 0 Å². The minimum atomic E-state index is -0.839. The van der Waals surface area contributed by atoms with E-state index < -0.39 is 18.3 Å². The lowest BCUT2D eigenvalue weighted by Gasteiger charge is -2.35. The molecule has 1 aliphatic rings. The van der Waals surface area contributed by atoms with Crippen molar-refractivity contribution in [3.05, 3.63) is 0 Å². The smallest absolute Gasteiger partial charge is 0.111 e. The van der Waals surface area contributed by atoms with Gasteiger partial charge >= 0.3 is 0 Å². The molecule has 0 aromatic rings. The molecule has 0 bridgehead atoms. The van der Waals surface area contributed by atoms with Crippen LogP contribution in [0.1, 0.15) is 6.92 Å². The maximum atomic E-state index is 9.35. The molecule has 0 radical (unpaired) electrons. The van der Waals surface area contributed by atoms with Crippen LogP contribution < -0.4 is 0 Å². The SMILES string of the molecule is CO[C@H]1CO[C@@H](C)[C@H](O)[C@H]1O. The molecule has 0 spiro atoms. The van der Waals surface area contributed by atoms with E-state index >= 15 is 0 Å². The average Bonchev–Trinajstić information content (AvgIpc) is 2.01. The molecule has 1 saturated heterocycles. The van der Waals surface area contributed by atoms with E-state index in [1.807, 2.05) is 0 Å². The van der Waals surface area contributed by atoms with Gasteiger partial charge in [-0.2, -0.15) is 0 Å². The van der Waals surface area contributed by atoms with Crippen molar-refractivity contribution in [2.75, 3.05) is 13.7 Å². The molecule has 0 amide bonds. The standard InChI is InChI=1S/C7H14O4/c1-4-6(8)7(9)5(10-2)3-11-4/h4-9H,3H2,1-2H3/t4-,5-,6-,7-/m0/s1. The van der Waals surface area contributed by atoms with Gasteiger partial charge in [0.1, 0.15) is 18.3 Å². The second kappa shape index (κ2) is 3.49. The van der Waals surface area contributed by atoms with Crippen LogP contribution in [-0.2, 0) is 9.47 Å². The number of hydrogen-bond donors (Lipinski definition) is 2. The molecule has 0 unspecified atom stereocenters. The van der Waals surface area contributed by atoms with E-state index in [0.717, 1.165) is 0 Å². The lowest BCUT2D eigenvalue weighted by atomic mass is 10.0. The number of hydrogen-bond acceptors (Lipinski definition) is 4. The van der Waals surface area contributed by atoms with Crippen molar-refractivity contribution >= 4 is 0 Å². The van der Waals surface area contributed by atoms with Crippen molar-refractivity contribution in [2.45, 2.75) is 31.3 Å². The fourth-order valence-corrected chi connectivity index (χ4v) is 1.15. The van der Waals surface area contributed by atoms with Crippen LogP contribution in [0.5, 0.6) is 0 Å². The monoisotopic (exact) mass is 162 g/mol. The summed E-state index contributed by atoms with van der Waals surface area (Å²) in [4.78, 5) is 0. The van der Waals surface area contributed by atoms with Gasteiger partial charge in [0.25, 0.3) is 0 Å². The third-order valence-electron chi connectivity index (χ3n) is 2.04. The van der Waals surface area contributed by atoms with E-state index in [1.54, 1.807) is 6.92 Å². The Kier molecular flexibility index (Phi) is 2.84. The van der Waals surface area contributed by atoms with Crippen molar-refractivity contribution in [3.8, 4) is 0 Å². The van der Waals surface area contributed by atoms with Gasteiger partial charge in [-0.25, -0.2) is 0 Å². The van der Waals surface area contributed by atoms with E-state index in [4.69, 9.17) is 9.47 Å². The predicted molar refractivity (Wildman–Crippen MR) is 38.2 cm³/mol. The van der Waals surface area contributed by atoms with Gasteiger partial charge in [-0.05, 0) is 6.92 Å². The van der Waals surface area contributed by atoms with Crippen molar-refractivity contribution in [2.24, 2.45) is 0 Å². The molecule has 66 valence electrons. The quantitative estimate of drug-likeness (QED) is 0.527. The van der Waals surface area contributed by atoms with Crippen LogP contribution in [0.25, 0.3) is 0 Å². The van der Waals surface area contributed by atoms with Crippen LogP contribution >= 0.6 is 0 Å². The molecule has 0 aromatic heterocycles. The van der Waals surface area contributed by atoms with Gasteiger partial charge in [0.15, 0.2) is 0 Å². The number of aliphatic hydroxyl groups excluding tert-OH is 2. The molecular formula is C7H14O4. The Morgan fingerprint density at radius 3 is 2.55 bits per heavy atom. The number of aliphatic hydroxyl groups is 2. The van der Waals surface area contributed by atoms with Gasteiger partial charge in [0, 0.05) is 7.11 Å². The summed E-state index contributed by atoms with van der Waals surface area (Å²) in [7, 11) is 1.49. The van der Waals surface area contributed by atoms with E-state index in [1.165, 1.54) is 7.11 Å². The molecule has 4 heteroatoms. The Labute approximate surface area is 65.7 Å². The van der Waals surface area contributed by atoms with Crippen LogP contribution in [0.4, 0.5) is 0 Å². The third-order valence-corrected chi connectivity index (χ3v) is 2.04. The second-order valence-corrected chi connectivity index (χ2v) is 2.79. The van der Waals surface area contributed by atoms with E-state index in [9.17, 15) is 10.2 Å². The molecule has 4 nitrogen and oxygen atoms in total. The van der Waals surface area contributed by atoms with Crippen LogP contribution in [0.2, 0.25) is 0 Å². The topological polar surface area (TPSA) is 58.9 Å². The number of methoxy groups -OCH3 is 1. The lowest BCUT2D eigenvalue weighted by molar-refractivity contribution is -0.189. The van der Waals surface area contributed by atoms with E-state index in [2.05, 4.69) is 0 Å². The first kappa shape index (κ1) is 8.93. The van der Waals surface area contributed by atoms with Crippen LogP contribution in [0.15, 0.2) is 0 Å². The third kappa shape index (κ3) is 1.70. The maximum absolute atomic E-state index is 9.35. The summed E-state index contributed by atoms with van der Waals surface area (Å²) in [6.45, 7) is 2.07. The molecule has 0 aliphatic carbocycles. The van der Waals surface area contributed by atoms with E-state index in [-0.39, 0.29) is 6.10 Å². The Hall–Kier alpha value is -0.160. The second-order valence-electron chi connectivity index (χ2n) is 2.79. The molecule has 1 fully saturated rings. The molecule has 1 aliphatic heterocycles. The van der Waals surface area contributed by atoms with E-state index in [0.29, 0.717) is 6.61 Å². The molecule has 11 heavy (non-hydrogen) atoms. The Morgan fingerprint density at radius 2 is 2.00 bits per heavy atom. The molecule has 0 aromatic carbocycles. The Balaban J connectivity index is 2.52. The van der Waals surface area contributed by atoms with Crippen molar-refractivity contribution in [1.82, 2.24) is 0 Å². The summed E-state index contributed by atoms with van der Waals surface area (Å²) >= 11 is 0. The zero-order chi connectivity index (χ0) is 8.43. The molecular weight excluding hydrogens is 148 g/mol. The van der Waals surface area contributed by atoms with Crippen molar-refractivity contribution in [3.63, 3.8) is 0 Å². The summed E-state index contributed by atoms with van der Waals surface area (Å²) < 4.78 is 10.0. The zero-order valence-corrected chi connectivity index (χ0v) is 6.73. The summed E-state index contributed by atoms with van der Waals surface area (Å²) in [5, 5.41) is 18.6. The van der Waals surface area contributed by atoms with Gasteiger partial charge in [-0.3, -0.25) is 0 Å². The van der Waals surface area contributed by atoms with Crippen LogP contribution in [-0.4, -0.2) is 48.3 Å². The first-order chi connectivity index (χ1) is 5.16. The highest BCUT2D eigenvalue weighted by Crippen LogP contribution is 2.16. The molecule has 1 rings (SSSR count). The Bertz CT molecular complexity index is 126.